The van der Waals surface area contributed by atoms with Crippen LogP contribution in [0.15, 0.2) is 18.2 Å². The molecule has 0 amide bonds. The topological polar surface area (TPSA) is 41.6 Å². The van der Waals surface area contributed by atoms with Crippen LogP contribution in [0.2, 0.25) is 0 Å². The molecule has 1 fully saturated rings. The van der Waals surface area contributed by atoms with Gasteiger partial charge < -0.3 is 10.1 Å². The molecule has 1 heterocycles. The van der Waals surface area contributed by atoms with E-state index in [-0.39, 0.29) is 5.78 Å². The molecule has 1 atom stereocenters. The number of carbonyl (C=O) groups excluding carboxylic acids is 1. The summed E-state index contributed by atoms with van der Waals surface area (Å²) in [5, 5.41) is 3.26. The standard InChI is InChI=1S/C16H24N2O2/c1-12(19)13-6-7-16(20-3)14(9-13)11-18-8-4-5-15(18)10-17-2/h6-7,9,15,17H,4-5,8,10-11H2,1-3H3. The molecule has 0 saturated carbocycles. The van der Waals surface area contributed by atoms with Crippen LogP contribution in [0.4, 0.5) is 0 Å². The summed E-state index contributed by atoms with van der Waals surface area (Å²) >= 11 is 0. The zero-order valence-electron chi connectivity index (χ0n) is 12.6. The fourth-order valence-electron chi connectivity index (χ4n) is 2.91. The smallest absolute Gasteiger partial charge is 0.159 e. The summed E-state index contributed by atoms with van der Waals surface area (Å²) in [6.45, 7) is 4.57. The second-order valence-corrected chi connectivity index (χ2v) is 5.41. The van der Waals surface area contributed by atoms with E-state index in [1.54, 1.807) is 14.0 Å². The van der Waals surface area contributed by atoms with E-state index in [1.807, 2.05) is 25.2 Å². The number of hydrogen-bond donors (Lipinski definition) is 1. The maximum absolute atomic E-state index is 11.5. The Kier molecular flexibility index (Phi) is 5.15. The van der Waals surface area contributed by atoms with E-state index in [0.717, 1.165) is 36.5 Å². The second kappa shape index (κ2) is 6.86. The minimum atomic E-state index is 0.0992. The van der Waals surface area contributed by atoms with Crippen LogP contribution in [0.25, 0.3) is 0 Å². The molecule has 20 heavy (non-hydrogen) atoms. The number of Topliss-reactive ketones (excluding diaryl/α,β-unsaturated/α-hetero) is 1. The summed E-state index contributed by atoms with van der Waals surface area (Å²) in [6, 6.07) is 6.27. The highest BCUT2D eigenvalue weighted by Gasteiger charge is 2.24. The van der Waals surface area contributed by atoms with Crippen LogP contribution >= 0.6 is 0 Å². The van der Waals surface area contributed by atoms with Gasteiger partial charge in [0.2, 0.25) is 0 Å². The molecule has 4 heteroatoms. The Labute approximate surface area is 121 Å². The summed E-state index contributed by atoms with van der Waals surface area (Å²) < 4.78 is 5.43. The minimum Gasteiger partial charge on any atom is -0.496 e. The summed E-state index contributed by atoms with van der Waals surface area (Å²) in [5.41, 5.74) is 1.85. The molecule has 1 aliphatic heterocycles. The summed E-state index contributed by atoms with van der Waals surface area (Å²) in [5.74, 6) is 0.965. The van der Waals surface area contributed by atoms with Gasteiger partial charge in [-0.05, 0) is 51.6 Å². The van der Waals surface area contributed by atoms with Crippen molar-refractivity contribution in [2.75, 3.05) is 27.2 Å². The van der Waals surface area contributed by atoms with Gasteiger partial charge in [0.25, 0.3) is 0 Å². The second-order valence-electron chi connectivity index (χ2n) is 5.41. The maximum Gasteiger partial charge on any atom is 0.159 e. The van der Waals surface area contributed by atoms with Crippen LogP contribution in [0.1, 0.15) is 35.7 Å². The van der Waals surface area contributed by atoms with Gasteiger partial charge in [-0.2, -0.15) is 0 Å². The first-order chi connectivity index (χ1) is 9.65. The zero-order chi connectivity index (χ0) is 14.5. The predicted molar refractivity (Wildman–Crippen MR) is 80.4 cm³/mol. The molecule has 4 nitrogen and oxygen atoms in total. The van der Waals surface area contributed by atoms with Gasteiger partial charge >= 0.3 is 0 Å². The van der Waals surface area contributed by atoms with Crippen LogP contribution in [0.3, 0.4) is 0 Å². The molecular weight excluding hydrogens is 252 g/mol. The van der Waals surface area contributed by atoms with E-state index in [4.69, 9.17) is 4.74 Å². The number of benzene rings is 1. The average molecular weight is 276 g/mol. The third-order valence-corrected chi connectivity index (χ3v) is 4.00. The monoisotopic (exact) mass is 276 g/mol. The zero-order valence-corrected chi connectivity index (χ0v) is 12.6. The van der Waals surface area contributed by atoms with E-state index < -0.39 is 0 Å². The molecule has 0 radical (unpaired) electrons. The van der Waals surface area contributed by atoms with Gasteiger partial charge in [-0.3, -0.25) is 9.69 Å². The van der Waals surface area contributed by atoms with Crippen LogP contribution in [-0.2, 0) is 6.54 Å². The number of nitrogens with one attached hydrogen (secondary N) is 1. The predicted octanol–water partition coefficient (Wildman–Crippen LogP) is 2.08. The fourth-order valence-corrected chi connectivity index (χ4v) is 2.91. The lowest BCUT2D eigenvalue weighted by Gasteiger charge is -2.25. The number of methoxy groups -OCH3 is 1. The summed E-state index contributed by atoms with van der Waals surface area (Å²) in [7, 11) is 3.68. The molecular formula is C16H24N2O2. The highest BCUT2D eigenvalue weighted by atomic mass is 16.5. The molecule has 1 saturated heterocycles. The molecule has 1 N–H and O–H groups in total. The number of hydrogen-bond acceptors (Lipinski definition) is 4. The Morgan fingerprint density at radius 2 is 2.30 bits per heavy atom. The Bertz CT molecular complexity index is 474. The van der Waals surface area contributed by atoms with Gasteiger partial charge in [-0.25, -0.2) is 0 Å². The SMILES string of the molecule is CNCC1CCCN1Cc1cc(C(C)=O)ccc1OC. The van der Waals surface area contributed by atoms with Gasteiger partial charge in [0.1, 0.15) is 5.75 Å². The molecule has 0 bridgehead atoms. The first-order valence-electron chi connectivity index (χ1n) is 7.22. The number of likely N-dealkylation sites (N-methyl/N-ethyl adjacent to an activating group) is 1. The highest BCUT2D eigenvalue weighted by Crippen LogP contribution is 2.26. The Hall–Kier alpha value is -1.39. The van der Waals surface area contributed by atoms with Crippen molar-refractivity contribution in [1.29, 1.82) is 0 Å². The molecule has 0 aliphatic carbocycles. The first-order valence-corrected chi connectivity index (χ1v) is 7.22. The van der Waals surface area contributed by atoms with Gasteiger partial charge in [0.15, 0.2) is 5.78 Å². The van der Waals surface area contributed by atoms with Gasteiger partial charge in [-0.1, -0.05) is 0 Å². The summed E-state index contributed by atoms with van der Waals surface area (Å²) in [6.07, 6.45) is 2.47. The number of ketones is 1. The fraction of sp³-hybridized carbons (Fsp3) is 0.562. The van der Waals surface area contributed by atoms with E-state index in [1.165, 1.54) is 12.8 Å². The minimum absolute atomic E-state index is 0.0992. The van der Waals surface area contributed by atoms with E-state index in [2.05, 4.69) is 10.2 Å². The molecule has 1 unspecified atom stereocenters. The number of ether oxygens (including phenoxy) is 1. The van der Waals surface area contributed by atoms with E-state index >= 15 is 0 Å². The van der Waals surface area contributed by atoms with Crippen molar-refractivity contribution in [1.82, 2.24) is 10.2 Å². The lowest BCUT2D eigenvalue weighted by molar-refractivity contribution is 0.101. The number of nitrogens with zero attached hydrogens (tertiary/aromatic N) is 1. The van der Waals surface area contributed by atoms with Gasteiger partial charge in [-0.15, -0.1) is 0 Å². The molecule has 1 aliphatic rings. The van der Waals surface area contributed by atoms with Crippen LogP contribution in [-0.4, -0.2) is 44.0 Å². The normalized spacial score (nSPS) is 19.2. The van der Waals surface area contributed by atoms with Crippen LogP contribution in [0.5, 0.6) is 5.75 Å². The molecule has 0 aromatic heterocycles. The molecule has 110 valence electrons. The largest absolute Gasteiger partial charge is 0.496 e. The van der Waals surface area contributed by atoms with Crippen molar-refractivity contribution in [2.24, 2.45) is 0 Å². The molecule has 1 aromatic rings. The van der Waals surface area contributed by atoms with Crippen molar-refractivity contribution < 1.29 is 9.53 Å². The Morgan fingerprint density at radius 1 is 1.50 bits per heavy atom. The average Bonchev–Trinajstić information content (AvgIpc) is 2.86. The molecule has 2 rings (SSSR count). The van der Waals surface area contributed by atoms with Crippen molar-refractivity contribution in [3.63, 3.8) is 0 Å². The summed E-state index contributed by atoms with van der Waals surface area (Å²) in [4.78, 5) is 14.0. The van der Waals surface area contributed by atoms with E-state index in [9.17, 15) is 4.79 Å². The Morgan fingerprint density at radius 3 is 2.95 bits per heavy atom. The third-order valence-electron chi connectivity index (χ3n) is 4.00. The number of rotatable bonds is 6. The van der Waals surface area contributed by atoms with E-state index in [0.29, 0.717) is 6.04 Å². The third kappa shape index (κ3) is 3.38. The van der Waals surface area contributed by atoms with Crippen LogP contribution in [0, 0.1) is 0 Å². The number of likely N-dealkylation sites (tertiary alicyclic amines) is 1. The highest BCUT2D eigenvalue weighted by molar-refractivity contribution is 5.94. The molecule has 1 aromatic carbocycles. The molecule has 0 spiro atoms. The maximum atomic E-state index is 11.5. The van der Waals surface area contributed by atoms with Gasteiger partial charge in [0, 0.05) is 30.3 Å². The van der Waals surface area contributed by atoms with Crippen molar-refractivity contribution in [3.05, 3.63) is 29.3 Å². The van der Waals surface area contributed by atoms with Crippen LogP contribution < -0.4 is 10.1 Å². The Balaban J connectivity index is 2.18. The van der Waals surface area contributed by atoms with Gasteiger partial charge in [0.05, 0.1) is 7.11 Å². The quantitative estimate of drug-likeness (QED) is 0.808. The first kappa shape index (κ1) is 15.0. The lowest BCUT2D eigenvalue weighted by atomic mass is 10.1. The van der Waals surface area contributed by atoms with Crippen molar-refractivity contribution in [2.45, 2.75) is 32.4 Å². The lowest BCUT2D eigenvalue weighted by Crippen LogP contribution is -2.36. The number of carbonyl (C=O) groups is 1. The van der Waals surface area contributed by atoms with Crippen molar-refractivity contribution >= 4 is 5.78 Å². The van der Waals surface area contributed by atoms with Crippen molar-refractivity contribution in [3.8, 4) is 5.75 Å².